The van der Waals surface area contributed by atoms with Gasteiger partial charge in [-0.25, -0.2) is 4.79 Å². The minimum absolute atomic E-state index is 0.0659. The van der Waals surface area contributed by atoms with Crippen molar-refractivity contribution in [2.24, 2.45) is 0 Å². The average Bonchev–Trinajstić information content (AvgIpc) is 3.21. The van der Waals surface area contributed by atoms with Gasteiger partial charge in [-0.05, 0) is 24.3 Å². The highest BCUT2D eigenvalue weighted by atomic mass is 32.1. The van der Waals surface area contributed by atoms with Crippen LogP contribution in [0.15, 0.2) is 17.5 Å². The molecule has 0 aromatic carbocycles. The summed E-state index contributed by atoms with van der Waals surface area (Å²) >= 11 is 1.49. The molecule has 0 radical (unpaired) electrons. The van der Waals surface area contributed by atoms with Gasteiger partial charge in [0.1, 0.15) is 0 Å². The van der Waals surface area contributed by atoms with Crippen LogP contribution in [0.3, 0.4) is 0 Å². The molecule has 0 bridgehead atoms. The van der Waals surface area contributed by atoms with E-state index in [4.69, 9.17) is 0 Å². The Morgan fingerprint density at radius 2 is 1.91 bits per heavy atom. The number of Topliss-reactive ketones (excluding diaryl/α,β-unsaturated/α-hetero) is 1. The van der Waals surface area contributed by atoms with Gasteiger partial charge in [0.25, 0.3) is 0 Å². The monoisotopic (exact) mass is 321 g/mol. The summed E-state index contributed by atoms with van der Waals surface area (Å²) in [5.74, 6) is 0.179. The van der Waals surface area contributed by atoms with Crippen LogP contribution in [-0.4, -0.2) is 60.4 Å². The number of amides is 2. The lowest BCUT2D eigenvalue weighted by molar-refractivity contribution is 0.0881. The first kappa shape index (κ1) is 15.5. The molecule has 2 heterocycles. The van der Waals surface area contributed by atoms with Crippen molar-refractivity contribution in [2.75, 3.05) is 32.7 Å². The Bertz CT molecular complexity index is 503. The van der Waals surface area contributed by atoms with Crippen LogP contribution in [0.25, 0.3) is 0 Å². The van der Waals surface area contributed by atoms with Crippen molar-refractivity contribution in [3.63, 3.8) is 0 Å². The second-order valence-corrected chi connectivity index (χ2v) is 7.04. The van der Waals surface area contributed by atoms with Crippen molar-refractivity contribution in [2.45, 2.75) is 31.7 Å². The molecule has 120 valence electrons. The second-order valence-electron chi connectivity index (χ2n) is 6.09. The molecule has 1 saturated heterocycles. The van der Waals surface area contributed by atoms with Crippen molar-refractivity contribution in [3.8, 4) is 0 Å². The fourth-order valence-corrected chi connectivity index (χ4v) is 3.82. The summed E-state index contributed by atoms with van der Waals surface area (Å²) in [5, 5.41) is 5.06. The molecule has 0 unspecified atom stereocenters. The first-order chi connectivity index (χ1) is 10.7. The van der Waals surface area contributed by atoms with E-state index in [-0.39, 0.29) is 11.8 Å². The number of thiophene rings is 1. The van der Waals surface area contributed by atoms with Crippen LogP contribution in [0.1, 0.15) is 35.4 Å². The van der Waals surface area contributed by atoms with Gasteiger partial charge < -0.3 is 10.2 Å². The number of carbonyl (C=O) groups excluding carboxylic acids is 2. The summed E-state index contributed by atoms with van der Waals surface area (Å²) in [6, 6.07) is 4.21. The van der Waals surface area contributed by atoms with Gasteiger partial charge in [-0.1, -0.05) is 18.9 Å². The molecule has 0 atom stereocenters. The van der Waals surface area contributed by atoms with Gasteiger partial charge in [-0.2, -0.15) is 0 Å². The molecule has 1 saturated carbocycles. The predicted octanol–water partition coefficient (Wildman–Crippen LogP) is 2.20. The van der Waals surface area contributed by atoms with Gasteiger partial charge in [0.15, 0.2) is 5.78 Å². The number of piperazine rings is 1. The van der Waals surface area contributed by atoms with E-state index in [1.165, 1.54) is 24.2 Å². The molecule has 6 heteroatoms. The molecular weight excluding hydrogens is 298 g/mol. The van der Waals surface area contributed by atoms with E-state index in [0.29, 0.717) is 25.7 Å². The van der Waals surface area contributed by atoms with Crippen LogP contribution < -0.4 is 5.32 Å². The molecule has 2 amide bonds. The topological polar surface area (TPSA) is 52.7 Å². The highest BCUT2D eigenvalue weighted by Gasteiger charge is 2.25. The Hall–Kier alpha value is -1.40. The number of urea groups is 1. The number of rotatable bonds is 4. The quantitative estimate of drug-likeness (QED) is 0.865. The molecule has 1 N–H and O–H groups in total. The summed E-state index contributed by atoms with van der Waals surface area (Å²) in [7, 11) is 0. The van der Waals surface area contributed by atoms with E-state index in [0.717, 1.165) is 30.8 Å². The number of hydrogen-bond donors (Lipinski definition) is 1. The Morgan fingerprint density at radius 1 is 1.18 bits per heavy atom. The Balaban J connectivity index is 1.42. The molecule has 0 spiro atoms. The molecule has 3 rings (SSSR count). The van der Waals surface area contributed by atoms with E-state index in [1.54, 1.807) is 0 Å². The van der Waals surface area contributed by atoms with Crippen LogP contribution in [0.2, 0.25) is 0 Å². The summed E-state index contributed by atoms with van der Waals surface area (Å²) in [4.78, 5) is 29.1. The Morgan fingerprint density at radius 3 is 2.55 bits per heavy atom. The number of nitrogens with zero attached hydrogens (tertiary/aromatic N) is 2. The van der Waals surface area contributed by atoms with E-state index >= 15 is 0 Å². The van der Waals surface area contributed by atoms with Crippen LogP contribution in [0.5, 0.6) is 0 Å². The van der Waals surface area contributed by atoms with Crippen LogP contribution in [0.4, 0.5) is 4.79 Å². The standard InChI is InChI=1S/C16H23N3O2S/c20-14(15-6-3-11-22-15)12-18-7-9-19(10-8-18)16(21)17-13-4-1-2-5-13/h3,6,11,13H,1-2,4-5,7-10,12H2,(H,17,21). The third-order valence-electron chi connectivity index (χ3n) is 4.51. The van der Waals surface area contributed by atoms with Gasteiger partial charge in [-0.15, -0.1) is 11.3 Å². The first-order valence-corrected chi connectivity index (χ1v) is 8.95. The smallest absolute Gasteiger partial charge is 0.317 e. The third kappa shape index (κ3) is 3.87. The summed E-state index contributed by atoms with van der Waals surface area (Å²) in [6.07, 6.45) is 4.68. The summed E-state index contributed by atoms with van der Waals surface area (Å²) in [6.45, 7) is 3.41. The molecule has 2 aliphatic rings. The van der Waals surface area contributed by atoms with Crippen LogP contribution >= 0.6 is 11.3 Å². The van der Waals surface area contributed by atoms with E-state index in [9.17, 15) is 9.59 Å². The summed E-state index contributed by atoms with van der Waals surface area (Å²) in [5.41, 5.74) is 0. The van der Waals surface area contributed by atoms with Crippen molar-refractivity contribution < 1.29 is 9.59 Å². The van der Waals surface area contributed by atoms with Gasteiger partial charge in [0.05, 0.1) is 11.4 Å². The van der Waals surface area contributed by atoms with Crippen molar-refractivity contribution >= 4 is 23.2 Å². The number of carbonyl (C=O) groups is 2. The number of hydrogen-bond acceptors (Lipinski definition) is 4. The summed E-state index contributed by atoms with van der Waals surface area (Å²) < 4.78 is 0. The van der Waals surface area contributed by atoms with E-state index < -0.39 is 0 Å². The normalized spacial score (nSPS) is 20.3. The lowest BCUT2D eigenvalue weighted by atomic mass is 10.2. The van der Waals surface area contributed by atoms with Crippen molar-refractivity contribution in [3.05, 3.63) is 22.4 Å². The van der Waals surface area contributed by atoms with Crippen LogP contribution in [-0.2, 0) is 0 Å². The third-order valence-corrected chi connectivity index (χ3v) is 5.42. The van der Waals surface area contributed by atoms with Crippen LogP contribution in [0, 0.1) is 0 Å². The molecule has 1 aromatic heterocycles. The maximum absolute atomic E-state index is 12.2. The minimum Gasteiger partial charge on any atom is -0.335 e. The molecular formula is C16H23N3O2S. The SMILES string of the molecule is O=C(CN1CCN(C(=O)NC2CCCC2)CC1)c1cccs1. The largest absolute Gasteiger partial charge is 0.335 e. The highest BCUT2D eigenvalue weighted by Crippen LogP contribution is 2.18. The number of ketones is 1. The van der Waals surface area contributed by atoms with Gasteiger partial charge in [0.2, 0.25) is 0 Å². The van der Waals surface area contributed by atoms with Crippen molar-refractivity contribution in [1.82, 2.24) is 15.1 Å². The zero-order chi connectivity index (χ0) is 15.4. The molecule has 5 nitrogen and oxygen atoms in total. The fourth-order valence-electron chi connectivity index (χ4n) is 3.16. The van der Waals surface area contributed by atoms with E-state index in [1.807, 2.05) is 22.4 Å². The highest BCUT2D eigenvalue weighted by molar-refractivity contribution is 7.12. The average molecular weight is 321 g/mol. The Labute approximate surface area is 135 Å². The molecule has 2 fully saturated rings. The van der Waals surface area contributed by atoms with Gasteiger partial charge in [-0.3, -0.25) is 9.69 Å². The Kier molecular flexibility index (Phi) is 5.10. The van der Waals surface area contributed by atoms with Crippen molar-refractivity contribution in [1.29, 1.82) is 0 Å². The lowest BCUT2D eigenvalue weighted by Crippen LogP contribution is -2.53. The van der Waals surface area contributed by atoms with Gasteiger partial charge >= 0.3 is 6.03 Å². The first-order valence-electron chi connectivity index (χ1n) is 8.07. The maximum Gasteiger partial charge on any atom is 0.317 e. The molecule has 22 heavy (non-hydrogen) atoms. The van der Waals surface area contributed by atoms with E-state index in [2.05, 4.69) is 10.2 Å². The number of nitrogens with one attached hydrogen (secondary N) is 1. The second kappa shape index (κ2) is 7.24. The molecule has 1 aliphatic carbocycles. The molecule has 1 aliphatic heterocycles. The minimum atomic E-state index is 0.0659. The lowest BCUT2D eigenvalue weighted by Gasteiger charge is -2.34. The zero-order valence-corrected chi connectivity index (χ0v) is 13.6. The predicted molar refractivity (Wildman–Crippen MR) is 87.5 cm³/mol. The maximum atomic E-state index is 12.2. The van der Waals surface area contributed by atoms with Gasteiger partial charge in [0, 0.05) is 32.2 Å². The fraction of sp³-hybridized carbons (Fsp3) is 0.625. The molecule has 1 aromatic rings. The zero-order valence-electron chi connectivity index (χ0n) is 12.8.